The van der Waals surface area contributed by atoms with Crippen molar-refractivity contribution in [3.63, 3.8) is 0 Å². The SMILES string of the molecule is CN1C=C2SC(c3ccc4c(=O)c(C(=O)O)cn(C5CC5)c4c3OC(F)F)=CCC2CC1.Cl. The molecule has 1 atom stereocenters. The van der Waals surface area contributed by atoms with E-state index in [2.05, 4.69) is 11.1 Å². The van der Waals surface area contributed by atoms with Crippen molar-refractivity contribution in [2.24, 2.45) is 5.92 Å². The average Bonchev–Trinajstić information content (AvgIpc) is 3.58. The summed E-state index contributed by atoms with van der Waals surface area (Å²) in [5.41, 5.74) is -0.340. The number of aromatic nitrogens is 1. The number of thioether (sulfide) groups is 1. The second kappa shape index (κ2) is 9.02. The summed E-state index contributed by atoms with van der Waals surface area (Å²) < 4.78 is 33.7. The number of hydrogen-bond acceptors (Lipinski definition) is 5. The van der Waals surface area contributed by atoms with E-state index in [1.54, 1.807) is 10.6 Å². The highest BCUT2D eigenvalue weighted by Crippen LogP contribution is 2.50. The van der Waals surface area contributed by atoms with Gasteiger partial charge >= 0.3 is 12.6 Å². The number of hydrogen-bond donors (Lipinski definition) is 1. The van der Waals surface area contributed by atoms with Gasteiger partial charge in [-0.1, -0.05) is 17.8 Å². The lowest BCUT2D eigenvalue weighted by atomic mass is 9.96. The topological polar surface area (TPSA) is 71.8 Å². The molecule has 0 spiro atoms. The highest BCUT2D eigenvalue weighted by atomic mass is 35.5. The molecule has 1 fully saturated rings. The lowest BCUT2D eigenvalue weighted by Gasteiger charge is -2.32. The smallest absolute Gasteiger partial charge is 0.387 e. The fourth-order valence-corrected chi connectivity index (χ4v) is 5.75. The van der Waals surface area contributed by atoms with Crippen molar-refractivity contribution in [2.45, 2.75) is 38.3 Å². The summed E-state index contributed by atoms with van der Waals surface area (Å²) in [6.07, 6.45) is 8.83. The van der Waals surface area contributed by atoms with Gasteiger partial charge in [0.05, 0.1) is 10.9 Å². The number of benzene rings is 1. The number of fused-ring (bicyclic) bond motifs is 2. The number of nitrogens with zero attached hydrogens (tertiary/aromatic N) is 2. The first kappa shape index (κ1) is 23.6. The number of carboxylic acid groups (broad SMARTS) is 1. The number of rotatable bonds is 5. The molecule has 5 rings (SSSR count). The Labute approximate surface area is 199 Å². The van der Waals surface area contributed by atoms with Gasteiger partial charge in [0.25, 0.3) is 0 Å². The molecule has 0 saturated heterocycles. The van der Waals surface area contributed by atoms with Gasteiger partial charge in [0.2, 0.25) is 5.43 Å². The highest BCUT2D eigenvalue weighted by molar-refractivity contribution is 8.11. The van der Waals surface area contributed by atoms with Crippen LogP contribution >= 0.6 is 24.2 Å². The van der Waals surface area contributed by atoms with E-state index in [0.29, 0.717) is 11.5 Å². The maximum Gasteiger partial charge on any atom is 0.387 e. The first-order valence-electron chi connectivity index (χ1n) is 10.5. The van der Waals surface area contributed by atoms with Crippen molar-refractivity contribution in [1.82, 2.24) is 9.47 Å². The van der Waals surface area contributed by atoms with Gasteiger partial charge in [0.1, 0.15) is 5.56 Å². The minimum atomic E-state index is -3.08. The standard InChI is InChI=1S/C23H22F2N2O4S.ClH/c1-26-9-8-12-2-7-17(32-18(12)11-26)14-5-6-15-19(21(14)31-23(24)25)27(13-3-4-13)10-16(20(15)28)22(29)30;/h5-7,10-13,23H,2-4,8-9H2,1H3,(H,29,30);1H. The van der Waals surface area contributed by atoms with Gasteiger partial charge in [0.15, 0.2) is 5.75 Å². The number of ether oxygens (including phenoxy) is 1. The summed E-state index contributed by atoms with van der Waals surface area (Å²) in [5.74, 6) is -0.986. The number of alkyl halides is 2. The number of pyridine rings is 1. The second-order valence-corrected chi connectivity index (χ2v) is 9.55. The van der Waals surface area contributed by atoms with Crippen LogP contribution in [0.25, 0.3) is 15.8 Å². The highest BCUT2D eigenvalue weighted by Gasteiger charge is 2.32. The summed E-state index contributed by atoms with van der Waals surface area (Å²) in [4.78, 5) is 28.6. The molecule has 1 saturated carbocycles. The van der Waals surface area contributed by atoms with E-state index in [9.17, 15) is 23.5 Å². The van der Waals surface area contributed by atoms with E-state index < -0.39 is 18.0 Å². The Morgan fingerprint density at radius 3 is 2.70 bits per heavy atom. The molecule has 1 aliphatic carbocycles. The summed E-state index contributed by atoms with van der Waals surface area (Å²) in [5, 5.41) is 9.55. The Hall–Kier alpha value is -2.52. The van der Waals surface area contributed by atoms with Gasteiger partial charge < -0.3 is 19.3 Å². The Bertz CT molecular complexity index is 1240. The zero-order valence-electron chi connectivity index (χ0n) is 17.8. The molecule has 1 aromatic carbocycles. The van der Waals surface area contributed by atoms with Crippen LogP contribution in [0.15, 0.2) is 40.3 Å². The molecule has 0 bridgehead atoms. The fraction of sp³-hybridized carbons (Fsp3) is 0.391. The molecule has 1 unspecified atom stereocenters. The van der Waals surface area contributed by atoms with Gasteiger partial charge in [-0.15, -0.1) is 12.4 Å². The third-order valence-electron chi connectivity index (χ3n) is 6.19. The number of allylic oxidation sites excluding steroid dienone is 2. The van der Waals surface area contributed by atoms with Crippen LogP contribution in [0.5, 0.6) is 5.75 Å². The molecule has 10 heteroatoms. The Balaban J connectivity index is 0.00000259. The minimum Gasteiger partial charge on any atom is -0.477 e. The lowest BCUT2D eigenvalue weighted by molar-refractivity contribution is -0.0492. The van der Waals surface area contributed by atoms with E-state index >= 15 is 0 Å². The molecule has 1 aromatic heterocycles. The number of halogens is 3. The maximum absolute atomic E-state index is 13.5. The van der Waals surface area contributed by atoms with Crippen molar-refractivity contribution >= 4 is 45.9 Å². The van der Waals surface area contributed by atoms with Crippen LogP contribution in [0.2, 0.25) is 0 Å². The van der Waals surface area contributed by atoms with Crippen molar-refractivity contribution < 1.29 is 23.4 Å². The summed E-state index contributed by atoms with van der Waals surface area (Å²) >= 11 is 1.54. The Morgan fingerprint density at radius 1 is 1.27 bits per heavy atom. The third kappa shape index (κ3) is 4.36. The predicted octanol–water partition coefficient (Wildman–Crippen LogP) is 5.33. The van der Waals surface area contributed by atoms with Crippen LogP contribution in [-0.2, 0) is 0 Å². The monoisotopic (exact) mass is 496 g/mol. The van der Waals surface area contributed by atoms with Crippen LogP contribution < -0.4 is 10.2 Å². The molecular weight excluding hydrogens is 474 g/mol. The van der Waals surface area contributed by atoms with E-state index in [0.717, 1.165) is 37.1 Å². The first-order valence-corrected chi connectivity index (χ1v) is 11.4. The number of aromatic carboxylic acids is 1. The lowest BCUT2D eigenvalue weighted by Crippen LogP contribution is -2.24. The Morgan fingerprint density at radius 2 is 2.03 bits per heavy atom. The molecule has 176 valence electrons. The zero-order valence-corrected chi connectivity index (χ0v) is 19.4. The summed E-state index contributed by atoms with van der Waals surface area (Å²) in [6, 6.07) is 3.08. The van der Waals surface area contributed by atoms with Gasteiger partial charge in [-0.25, -0.2) is 4.79 Å². The van der Waals surface area contributed by atoms with Crippen LogP contribution in [-0.4, -0.2) is 40.7 Å². The molecule has 2 aromatic rings. The van der Waals surface area contributed by atoms with Crippen LogP contribution in [0.4, 0.5) is 8.78 Å². The van der Waals surface area contributed by atoms with Crippen LogP contribution in [0, 0.1) is 5.92 Å². The van der Waals surface area contributed by atoms with E-state index in [1.165, 1.54) is 28.9 Å². The number of carbonyl (C=O) groups is 1. The maximum atomic E-state index is 13.5. The van der Waals surface area contributed by atoms with Gasteiger partial charge in [0, 0.05) is 47.4 Å². The van der Waals surface area contributed by atoms with Crippen LogP contribution in [0.1, 0.15) is 47.6 Å². The molecule has 1 N–H and O–H groups in total. The molecular formula is C23H23ClF2N2O4S. The second-order valence-electron chi connectivity index (χ2n) is 8.44. The van der Waals surface area contributed by atoms with Crippen LogP contribution in [0.3, 0.4) is 0 Å². The molecule has 6 nitrogen and oxygen atoms in total. The molecule has 2 aliphatic heterocycles. The van der Waals surface area contributed by atoms with E-state index in [1.807, 2.05) is 13.1 Å². The van der Waals surface area contributed by atoms with Gasteiger partial charge in [-0.05, 0) is 43.7 Å². The third-order valence-corrected chi connectivity index (χ3v) is 7.47. The fourth-order valence-electron chi connectivity index (χ4n) is 4.43. The van der Waals surface area contributed by atoms with Crippen molar-refractivity contribution in [3.05, 3.63) is 56.9 Å². The zero-order chi connectivity index (χ0) is 22.6. The van der Waals surface area contributed by atoms with Gasteiger partial charge in [-0.3, -0.25) is 4.79 Å². The first-order chi connectivity index (χ1) is 15.3. The van der Waals surface area contributed by atoms with E-state index in [-0.39, 0.29) is 40.7 Å². The molecule has 0 radical (unpaired) electrons. The Kier molecular flexibility index (Phi) is 6.46. The molecule has 3 aliphatic rings. The summed E-state index contributed by atoms with van der Waals surface area (Å²) in [7, 11) is 2.01. The average molecular weight is 497 g/mol. The summed E-state index contributed by atoms with van der Waals surface area (Å²) in [6.45, 7) is -2.10. The van der Waals surface area contributed by atoms with Gasteiger partial charge in [-0.2, -0.15) is 8.78 Å². The molecule has 3 heterocycles. The normalized spacial score (nSPS) is 20.1. The van der Waals surface area contributed by atoms with E-state index in [4.69, 9.17) is 4.74 Å². The number of carboxylic acids is 1. The van der Waals surface area contributed by atoms with Crippen molar-refractivity contribution in [2.75, 3.05) is 13.6 Å². The van der Waals surface area contributed by atoms with Crippen molar-refractivity contribution in [1.29, 1.82) is 0 Å². The predicted molar refractivity (Wildman–Crippen MR) is 126 cm³/mol. The molecule has 0 amide bonds. The largest absolute Gasteiger partial charge is 0.477 e. The van der Waals surface area contributed by atoms with Crippen molar-refractivity contribution in [3.8, 4) is 5.75 Å². The molecule has 33 heavy (non-hydrogen) atoms. The minimum absolute atomic E-state index is 0. The quantitative estimate of drug-likeness (QED) is 0.603.